The fourth-order valence-corrected chi connectivity index (χ4v) is 4.12. The minimum absolute atomic E-state index is 0. The van der Waals surface area contributed by atoms with Crippen LogP contribution in [0.25, 0.3) is 0 Å². The van der Waals surface area contributed by atoms with Crippen molar-refractivity contribution in [3.05, 3.63) is 41.7 Å². The highest BCUT2D eigenvalue weighted by Gasteiger charge is 2.29. The molecule has 1 aromatic carbocycles. The van der Waals surface area contributed by atoms with E-state index in [9.17, 15) is 4.79 Å². The number of ether oxygens (including phenoxy) is 1. The van der Waals surface area contributed by atoms with Crippen molar-refractivity contribution in [3.8, 4) is 5.75 Å². The van der Waals surface area contributed by atoms with Crippen molar-refractivity contribution < 1.29 is 9.53 Å². The Kier molecular flexibility index (Phi) is 7.50. The van der Waals surface area contributed by atoms with Gasteiger partial charge in [0.1, 0.15) is 5.75 Å². The molecule has 0 saturated carbocycles. The molecule has 1 aromatic heterocycles. The van der Waals surface area contributed by atoms with E-state index in [1.165, 1.54) is 0 Å². The van der Waals surface area contributed by atoms with E-state index in [1.807, 2.05) is 46.8 Å². The van der Waals surface area contributed by atoms with Gasteiger partial charge in [-0.15, -0.1) is 17.5 Å². The zero-order chi connectivity index (χ0) is 19.3. The Labute approximate surface area is 178 Å². The quantitative estimate of drug-likeness (QED) is 0.806. The summed E-state index contributed by atoms with van der Waals surface area (Å²) in [6.07, 6.45) is 3.98. The third-order valence-electron chi connectivity index (χ3n) is 5.92. The molecule has 2 aliphatic rings. The molecule has 3 heterocycles. The number of nitrogens with one attached hydrogen (secondary N) is 1. The molecule has 0 spiro atoms. The summed E-state index contributed by atoms with van der Waals surface area (Å²) in [6.45, 7) is 6.16. The van der Waals surface area contributed by atoms with Crippen LogP contribution in [0.3, 0.4) is 0 Å². The zero-order valence-corrected chi connectivity index (χ0v) is 17.7. The van der Waals surface area contributed by atoms with Crippen molar-refractivity contribution in [2.45, 2.75) is 38.6 Å². The summed E-state index contributed by atoms with van der Waals surface area (Å²) in [5.74, 6) is 1.40. The van der Waals surface area contributed by atoms with E-state index >= 15 is 0 Å². The highest BCUT2D eigenvalue weighted by molar-refractivity contribution is 5.93. The van der Waals surface area contributed by atoms with Gasteiger partial charge in [-0.25, -0.2) is 4.68 Å². The molecular formula is C21H30ClN5O2. The maximum absolute atomic E-state index is 13.0. The van der Waals surface area contributed by atoms with Crippen LogP contribution in [0.1, 0.15) is 47.9 Å². The molecule has 4 rings (SSSR count). The van der Waals surface area contributed by atoms with Crippen molar-refractivity contribution in [1.82, 2.24) is 25.2 Å². The molecular weight excluding hydrogens is 390 g/mol. The average molecular weight is 420 g/mol. The summed E-state index contributed by atoms with van der Waals surface area (Å²) < 4.78 is 7.83. The van der Waals surface area contributed by atoms with Crippen LogP contribution in [0.15, 0.2) is 30.3 Å². The van der Waals surface area contributed by atoms with Crippen LogP contribution in [0.2, 0.25) is 0 Å². The topological polar surface area (TPSA) is 72.3 Å². The second kappa shape index (κ2) is 10.1. The van der Waals surface area contributed by atoms with Gasteiger partial charge in [0.25, 0.3) is 5.91 Å². The first-order valence-electron chi connectivity index (χ1n) is 10.3. The summed E-state index contributed by atoms with van der Waals surface area (Å²) in [4.78, 5) is 14.9. The first-order valence-corrected chi connectivity index (χ1v) is 10.3. The van der Waals surface area contributed by atoms with Gasteiger partial charge in [-0.2, -0.15) is 0 Å². The number of halogens is 1. The summed E-state index contributed by atoms with van der Waals surface area (Å²) >= 11 is 0. The van der Waals surface area contributed by atoms with Crippen molar-refractivity contribution in [2.24, 2.45) is 5.92 Å². The first kappa shape index (κ1) is 21.6. The molecule has 1 amide bonds. The van der Waals surface area contributed by atoms with Gasteiger partial charge in [0.05, 0.1) is 18.3 Å². The van der Waals surface area contributed by atoms with Gasteiger partial charge >= 0.3 is 0 Å². The number of likely N-dealkylation sites (tertiary alicyclic amines) is 1. The van der Waals surface area contributed by atoms with Crippen LogP contribution in [-0.4, -0.2) is 58.6 Å². The molecule has 1 N–H and O–H groups in total. The summed E-state index contributed by atoms with van der Waals surface area (Å²) in [5.41, 5.74) is 1.41. The van der Waals surface area contributed by atoms with Gasteiger partial charge in [-0.1, -0.05) is 23.4 Å². The summed E-state index contributed by atoms with van der Waals surface area (Å²) in [7, 11) is 0. The van der Waals surface area contributed by atoms with Crippen molar-refractivity contribution in [3.63, 3.8) is 0 Å². The van der Waals surface area contributed by atoms with E-state index in [1.54, 1.807) is 0 Å². The molecule has 0 unspecified atom stereocenters. The fraction of sp³-hybridized carbons (Fsp3) is 0.571. The number of hydrogen-bond donors (Lipinski definition) is 1. The second-order valence-corrected chi connectivity index (χ2v) is 7.81. The largest absolute Gasteiger partial charge is 0.493 e. The Morgan fingerprint density at radius 1 is 1.14 bits per heavy atom. The molecule has 2 aliphatic heterocycles. The van der Waals surface area contributed by atoms with Gasteiger partial charge in [-0.05, 0) is 63.7 Å². The minimum atomic E-state index is 0. The van der Waals surface area contributed by atoms with Gasteiger partial charge in [-0.3, -0.25) is 4.79 Å². The normalized spacial score (nSPS) is 18.3. The van der Waals surface area contributed by atoms with Crippen LogP contribution in [0.5, 0.6) is 5.75 Å². The number of piperidine rings is 2. The second-order valence-electron chi connectivity index (χ2n) is 7.81. The summed E-state index contributed by atoms with van der Waals surface area (Å²) in [6, 6.07) is 10.3. The van der Waals surface area contributed by atoms with Gasteiger partial charge in [0.15, 0.2) is 5.69 Å². The van der Waals surface area contributed by atoms with E-state index < -0.39 is 0 Å². The molecule has 0 aliphatic carbocycles. The third kappa shape index (κ3) is 5.08. The molecule has 29 heavy (non-hydrogen) atoms. The average Bonchev–Trinajstić information content (AvgIpc) is 3.15. The minimum Gasteiger partial charge on any atom is -0.493 e. The molecule has 2 fully saturated rings. The van der Waals surface area contributed by atoms with Crippen LogP contribution in [-0.2, 0) is 0 Å². The number of benzene rings is 1. The number of rotatable bonds is 5. The predicted octanol–water partition coefficient (Wildman–Crippen LogP) is 2.86. The van der Waals surface area contributed by atoms with Crippen molar-refractivity contribution in [1.29, 1.82) is 0 Å². The van der Waals surface area contributed by atoms with Gasteiger partial charge < -0.3 is 15.0 Å². The molecule has 0 radical (unpaired) electrons. The molecule has 7 nitrogen and oxygen atoms in total. The lowest BCUT2D eigenvalue weighted by atomic mass is 9.97. The van der Waals surface area contributed by atoms with E-state index in [4.69, 9.17) is 4.74 Å². The first-order chi connectivity index (χ1) is 13.7. The maximum atomic E-state index is 13.0. The number of hydrogen-bond acceptors (Lipinski definition) is 5. The lowest BCUT2D eigenvalue weighted by molar-refractivity contribution is 0.0654. The highest BCUT2D eigenvalue weighted by Crippen LogP contribution is 2.23. The number of nitrogens with zero attached hydrogens (tertiary/aromatic N) is 4. The molecule has 2 saturated heterocycles. The molecule has 158 valence electrons. The van der Waals surface area contributed by atoms with Crippen molar-refractivity contribution in [2.75, 3.05) is 32.8 Å². The highest BCUT2D eigenvalue weighted by atomic mass is 35.5. The monoisotopic (exact) mass is 419 g/mol. The zero-order valence-electron chi connectivity index (χ0n) is 16.9. The lowest BCUT2D eigenvalue weighted by Crippen LogP contribution is -2.40. The van der Waals surface area contributed by atoms with E-state index in [0.717, 1.165) is 63.3 Å². The Bertz CT molecular complexity index is 784. The maximum Gasteiger partial charge on any atom is 0.276 e. The number of carbonyl (C=O) groups excluding carboxylic acids is 1. The Balaban J connectivity index is 0.00000240. The Morgan fingerprint density at radius 2 is 1.83 bits per heavy atom. The molecule has 2 aromatic rings. The summed E-state index contributed by atoms with van der Waals surface area (Å²) in [5, 5.41) is 11.9. The smallest absolute Gasteiger partial charge is 0.276 e. The van der Waals surface area contributed by atoms with Crippen LogP contribution in [0.4, 0.5) is 0 Å². The standard InChI is InChI=1S/C21H29N5O2.ClH/c1-16-20(23-24-26(16)18-7-11-22-12-8-18)21(27)25-13-9-17(10-14-25)15-28-19-5-3-2-4-6-19;/h2-6,17-18,22H,7-15H2,1H3;1H. The van der Waals surface area contributed by atoms with Crippen LogP contribution < -0.4 is 10.1 Å². The van der Waals surface area contributed by atoms with E-state index in [2.05, 4.69) is 15.6 Å². The molecule has 8 heteroatoms. The lowest BCUT2D eigenvalue weighted by Gasteiger charge is -2.31. The number of amides is 1. The number of aromatic nitrogens is 3. The molecule has 0 atom stereocenters. The Morgan fingerprint density at radius 3 is 2.52 bits per heavy atom. The SMILES string of the molecule is Cc1c(C(=O)N2CCC(COc3ccccc3)CC2)nnn1C1CCNCC1.Cl. The van der Waals surface area contributed by atoms with Gasteiger partial charge in [0.2, 0.25) is 0 Å². The van der Waals surface area contributed by atoms with Crippen LogP contribution >= 0.6 is 12.4 Å². The number of para-hydroxylation sites is 1. The Hall–Kier alpha value is -2.12. The molecule has 0 bridgehead atoms. The third-order valence-corrected chi connectivity index (χ3v) is 5.92. The fourth-order valence-electron chi connectivity index (χ4n) is 4.12. The number of carbonyl (C=O) groups is 1. The van der Waals surface area contributed by atoms with Crippen molar-refractivity contribution >= 4 is 18.3 Å². The van der Waals surface area contributed by atoms with Crippen LogP contribution in [0, 0.1) is 12.8 Å². The van der Waals surface area contributed by atoms with E-state index in [-0.39, 0.29) is 18.3 Å². The predicted molar refractivity (Wildman–Crippen MR) is 114 cm³/mol. The van der Waals surface area contributed by atoms with E-state index in [0.29, 0.717) is 24.3 Å². The van der Waals surface area contributed by atoms with Gasteiger partial charge in [0, 0.05) is 13.1 Å².